The van der Waals surface area contributed by atoms with Crippen LogP contribution in [0.1, 0.15) is 26.2 Å². The second kappa shape index (κ2) is 10.5. The van der Waals surface area contributed by atoms with E-state index < -0.39 is 0 Å². The molecule has 0 bridgehead atoms. The van der Waals surface area contributed by atoms with Crippen molar-refractivity contribution < 1.29 is 18.9 Å². The Morgan fingerprint density at radius 3 is 1.80 bits per heavy atom. The second-order valence-electron chi connectivity index (χ2n) is 5.88. The third-order valence-corrected chi connectivity index (χ3v) is 4.20. The molecule has 2 aromatic rings. The minimum Gasteiger partial charge on any atom is -0.493 e. The highest BCUT2D eigenvalue weighted by Gasteiger charge is 2.10. The second-order valence-corrected chi connectivity index (χ2v) is 5.88. The lowest BCUT2D eigenvalue weighted by molar-refractivity contribution is 0.211. The van der Waals surface area contributed by atoms with Gasteiger partial charge in [0.15, 0.2) is 23.0 Å². The first-order valence-corrected chi connectivity index (χ1v) is 8.80. The number of benzene rings is 2. The van der Waals surface area contributed by atoms with Crippen molar-refractivity contribution in [1.82, 2.24) is 0 Å². The molecular formula is C21H28O4. The maximum atomic E-state index is 5.95. The van der Waals surface area contributed by atoms with Crippen LogP contribution in [0.2, 0.25) is 0 Å². The molecule has 2 rings (SSSR count). The third-order valence-electron chi connectivity index (χ3n) is 4.20. The van der Waals surface area contributed by atoms with Gasteiger partial charge in [-0.05, 0) is 43.0 Å². The Kier molecular flexibility index (Phi) is 7.96. The maximum absolute atomic E-state index is 5.95. The molecule has 136 valence electrons. The maximum Gasteiger partial charge on any atom is 0.161 e. The van der Waals surface area contributed by atoms with Crippen molar-refractivity contribution in [3.8, 4) is 23.0 Å². The molecule has 0 N–H and O–H groups in total. The number of hydrogen-bond acceptors (Lipinski definition) is 4. The fraction of sp³-hybridized carbons (Fsp3) is 0.429. The standard InChI is InChI=1S/C21H28O4/c1-4-17(16-25-21-14-8-6-12-19(21)23-3)10-9-15-24-20-13-7-5-11-18(20)22-2/h5-8,11-14,17H,4,9-10,15-16H2,1-3H3. The van der Waals surface area contributed by atoms with Gasteiger partial charge in [0.1, 0.15) is 0 Å². The highest BCUT2D eigenvalue weighted by atomic mass is 16.5. The van der Waals surface area contributed by atoms with Gasteiger partial charge < -0.3 is 18.9 Å². The van der Waals surface area contributed by atoms with Gasteiger partial charge in [0.2, 0.25) is 0 Å². The van der Waals surface area contributed by atoms with Crippen LogP contribution >= 0.6 is 0 Å². The van der Waals surface area contributed by atoms with Gasteiger partial charge in [-0.15, -0.1) is 0 Å². The van der Waals surface area contributed by atoms with Gasteiger partial charge in [-0.1, -0.05) is 37.6 Å². The Balaban J connectivity index is 1.75. The van der Waals surface area contributed by atoms with Crippen molar-refractivity contribution in [2.24, 2.45) is 5.92 Å². The Morgan fingerprint density at radius 2 is 1.28 bits per heavy atom. The van der Waals surface area contributed by atoms with Crippen LogP contribution in [0.4, 0.5) is 0 Å². The SMILES string of the molecule is CCC(CCCOc1ccccc1OC)COc1ccccc1OC. The van der Waals surface area contributed by atoms with E-state index in [1.54, 1.807) is 14.2 Å². The lowest BCUT2D eigenvalue weighted by Gasteiger charge is -2.17. The molecule has 0 saturated carbocycles. The minimum absolute atomic E-state index is 0.492. The molecule has 0 heterocycles. The van der Waals surface area contributed by atoms with Gasteiger partial charge in [-0.3, -0.25) is 0 Å². The zero-order valence-corrected chi connectivity index (χ0v) is 15.4. The molecule has 0 saturated heterocycles. The lowest BCUT2D eigenvalue weighted by atomic mass is 10.0. The monoisotopic (exact) mass is 344 g/mol. The molecule has 1 atom stereocenters. The Bertz CT molecular complexity index is 627. The molecule has 0 aromatic heterocycles. The van der Waals surface area contributed by atoms with E-state index in [1.807, 2.05) is 48.5 Å². The Labute approximate surface area is 150 Å². The average Bonchev–Trinajstić information content (AvgIpc) is 2.68. The van der Waals surface area contributed by atoms with Crippen molar-refractivity contribution >= 4 is 0 Å². The predicted molar refractivity (Wildman–Crippen MR) is 100.0 cm³/mol. The molecule has 4 nitrogen and oxygen atoms in total. The first kappa shape index (κ1) is 19.0. The third kappa shape index (κ3) is 5.89. The predicted octanol–water partition coefficient (Wildman–Crippen LogP) is 4.97. The molecule has 0 aliphatic rings. The summed E-state index contributed by atoms with van der Waals surface area (Å²) in [7, 11) is 3.32. The summed E-state index contributed by atoms with van der Waals surface area (Å²) in [5.41, 5.74) is 0. The fourth-order valence-electron chi connectivity index (χ4n) is 2.64. The van der Waals surface area contributed by atoms with E-state index >= 15 is 0 Å². The molecule has 0 radical (unpaired) electrons. The number of para-hydroxylation sites is 4. The van der Waals surface area contributed by atoms with Gasteiger partial charge in [0.25, 0.3) is 0 Å². The Morgan fingerprint density at radius 1 is 0.760 bits per heavy atom. The van der Waals surface area contributed by atoms with E-state index in [9.17, 15) is 0 Å². The molecule has 0 aliphatic carbocycles. The van der Waals surface area contributed by atoms with E-state index in [2.05, 4.69) is 6.92 Å². The van der Waals surface area contributed by atoms with Gasteiger partial charge in [-0.2, -0.15) is 0 Å². The summed E-state index contributed by atoms with van der Waals surface area (Å²) in [5.74, 6) is 3.63. The van der Waals surface area contributed by atoms with Gasteiger partial charge >= 0.3 is 0 Å². The molecule has 0 amide bonds. The van der Waals surface area contributed by atoms with E-state index in [0.29, 0.717) is 19.1 Å². The molecule has 25 heavy (non-hydrogen) atoms. The molecule has 0 aliphatic heterocycles. The van der Waals surface area contributed by atoms with Crippen LogP contribution in [0.3, 0.4) is 0 Å². The molecule has 0 spiro atoms. The highest BCUT2D eigenvalue weighted by molar-refractivity contribution is 5.39. The van der Waals surface area contributed by atoms with Crippen LogP contribution in [0, 0.1) is 5.92 Å². The van der Waals surface area contributed by atoms with Gasteiger partial charge in [-0.25, -0.2) is 0 Å². The van der Waals surface area contributed by atoms with Crippen molar-refractivity contribution in [1.29, 1.82) is 0 Å². The van der Waals surface area contributed by atoms with Crippen LogP contribution in [0.5, 0.6) is 23.0 Å². The highest BCUT2D eigenvalue weighted by Crippen LogP contribution is 2.28. The van der Waals surface area contributed by atoms with Crippen LogP contribution in [-0.4, -0.2) is 27.4 Å². The number of ether oxygens (including phenoxy) is 4. The van der Waals surface area contributed by atoms with Crippen LogP contribution < -0.4 is 18.9 Å². The molecule has 0 fully saturated rings. The average molecular weight is 344 g/mol. The first-order chi connectivity index (χ1) is 12.3. The smallest absolute Gasteiger partial charge is 0.161 e. The van der Waals surface area contributed by atoms with E-state index in [4.69, 9.17) is 18.9 Å². The molecular weight excluding hydrogens is 316 g/mol. The van der Waals surface area contributed by atoms with Crippen molar-refractivity contribution in [3.63, 3.8) is 0 Å². The number of rotatable bonds is 11. The molecule has 4 heteroatoms. The summed E-state index contributed by atoms with van der Waals surface area (Å²) in [4.78, 5) is 0. The molecule has 1 unspecified atom stereocenters. The lowest BCUT2D eigenvalue weighted by Crippen LogP contribution is -2.13. The zero-order valence-electron chi connectivity index (χ0n) is 15.4. The molecule has 2 aromatic carbocycles. The van der Waals surface area contributed by atoms with Crippen molar-refractivity contribution in [2.45, 2.75) is 26.2 Å². The summed E-state index contributed by atoms with van der Waals surface area (Å²) < 4.78 is 22.4. The summed E-state index contributed by atoms with van der Waals surface area (Å²) in [6.45, 7) is 3.55. The van der Waals surface area contributed by atoms with E-state index in [0.717, 1.165) is 42.3 Å². The van der Waals surface area contributed by atoms with Crippen LogP contribution in [-0.2, 0) is 0 Å². The largest absolute Gasteiger partial charge is 0.493 e. The summed E-state index contributed by atoms with van der Waals surface area (Å²) in [6.07, 6.45) is 3.11. The van der Waals surface area contributed by atoms with E-state index in [1.165, 1.54) is 0 Å². The first-order valence-electron chi connectivity index (χ1n) is 8.80. The summed E-state index contributed by atoms with van der Waals surface area (Å²) in [5, 5.41) is 0. The number of methoxy groups -OCH3 is 2. The summed E-state index contributed by atoms with van der Waals surface area (Å²) in [6, 6.07) is 15.5. The quantitative estimate of drug-likeness (QED) is 0.539. The minimum atomic E-state index is 0.492. The van der Waals surface area contributed by atoms with Gasteiger partial charge in [0.05, 0.1) is 27.4 Å². The van der Waals surface area contributed by atoms with Crippen molar-refractivity contribution in [3.05, 3.63) is 48.5 Å². The van der Waals surface area contributed by atoms with E-state index in [-0.39, 0.29) is 0 Å². The van der Waals surface area contributed by atoms with Crippen LogP contribution in [0.15, 0.2) is 48.5 Å². The zero-order chi connectivity index (χ0) is 17.9. The number of hydrogen-bond donors (Lipinski definition) is 0. The summed E-state index contributed by atoms with van der Waals surface area (Å²) >= 11 is 0. The van der Waals surface area contributed by atoms with Gasteiger partial charge in [0, 0.05) is 0 Å². The Hall–Kier alpha value is -2.36. The normalized spacial score (nSPS) is 11.6. The van der Waals surface area contributed by atoms with Crippen molar-refractivity contribution in [2.75, 3.05) is 27.4 Å². The fourth-order valence-corrected chi connectivity index (χ4v) is 2.64. The van der Waals surface area contributed by atoms with Crippen LogP contribution in [0.25, 0.3) is 0 Å². The topological polar surface area (TPSA) is 36.9 Å².